The van der Waals surface area contributed by atoms with Crippen molar-refractivity contribution in [1.82, 2.24) is 0 Å². The highest BCUT2D eigenvalue weighted by Crippen LogP contribution is 2.45. The van der Waals surface area contributed by atoms with E-state index in [4.69, 9.17) is 37.0 Å². The van der Waals surface area contributed by atoms with E-state index in [9.17, 15) is 43.2 Å². The van der Waals surface area contributed by atoms with E-state index in [0.29, 0.717) is 31.6 Å². The van der Waals surface area contributed by atoms with Crippen LogP contribution in [-0.2, 0) is 65.4 Å². The normalized spacial score (nSPS) is 14.6. The number of esters is 4. The van der Waals surface area contributed by atoms with Crippen molar-refractivity contribution in [2.24, 2.45) is 23.7 Å². The number of phosphoric ester groups is 2. The van der Waals surface area contributed by atoms with Crippen LogP contribution in [0, 0.1) is 23.7 Å². The van der Waals surface area contributed by atoms with Crippen LogP contribution in [0.4, 0.5) is 0 Å². The summed E-state index contributed by atoms with van der Waals surface area (Å²) >= 11 is 0. The Morgan fingerprint density at radius 2 is 0.490 bits per heavy atom. The van der Waals surface area contributed by atoms with Crippen molar-refractivity contribution in [1.29, 1.82) is 0 Å². The van der Waals surface area contributed by atoms with Gasteiger partial charge in [0.05, 0.1) is 26.4 Å². The predicted molar refractivity (Wildman–Crippen MR) is 400 cm³/mol. The molecule has 0 aromatic heterocycles. The minimum atomic E-state index is -4.96. The third kappa shape index (κ3) is 69.8. The first-order valence-electron chi connectivity index (χ1n) is 40.8. The fourth-order valence-electron chi connectivity index (χ4n) is 12.0. The smallest absolute Gasteiger partial charge is 0.462 e. The number of carbonyl (C=O) groups excluding carboxylic acids is 4. The zero-order chi connectivity index (χ0) is 72.4. The van der Waals surface area contributed by atoms with Crippen LogP contribution >= 0.6 is 15.6 Å². The lowest BCUT2D eigenvalue weighted by Crippen LogP contribution is -2.30. The number of rotatable bonds is 76. The molecule has 0 radical (unpaired) electrons. The largest absolute Gasteiger partial charge is 0.472 e. The molecule has 7 atom stereocenters. The van der Waals surface area contributed by atoms with Gasteiger partial charge in [-0.05, 0) is 49.4 Å². The number of ether oxygens (including phenoxy) is 4. The zero-order valence-electron chi connectivity index (χ0n) is 64.4. The van der Waals surface area contributed by atoms with E-state index in [1.54, 1.807) is 0 Å². The third-order valence-corrected chi connectivity index (χ3v) is 20.9. The Balaban J connectivity index is 5.15. The summed E-state index contributed by atoms with van der Waals surface area (Å²) in [5, 5.41) is 10.6. The molecule has 0 rings (SSSR count). The molecule has 0 saturated carbocycles. The molecule has 17 nitrogen and oxygen atoms in total. The van der Waals surface area contributed by atoms with Gasteiger partial charge < -0.3 is 33.8 Å². The third-order valence-electron chi connectivity index (χ3n) is 19.0. The standard InChI is InChI=1S/C79H154O17P2/c1-9-71(7)57-49-41-32-28-24-20-15-13-11-12-14-16-21-25-29-33-45-53-61-78(83)95-74(65-89-76(81)59-51-43-37-35-40-48-56-70(5)6)67-93-97(85,86)91-63-73(80)64-92-98(87,88)94-68-75(66-90-77(82)60-52-44-38-36-42-50-58-72(8)10-2)96-79(84)62-54-46-34-30-26-22-18-17-19-23-27-31-39-47-55-69(3)4/h69-75,80H,9-68H2,1-8H3,(H,85,86)(H,87,88)/t71?,72?,73-,74+,75+/m0/s1. The van der Waals surface area contributed by atoms with Crippen LogP contribution < -0.4 is 0 Å². The second-order valence-electron chi connectivity index (χ2n) is 29.9. The molecule has 0 aromatic carbocycles. The number of phosphoric acid groups is 2. The number of carbonyl (C=O) groups is 4. The SMILES string of the molecule is CCC(C)CCCCCCCCCCCCCCCCCCCCC(=O)O[C@H](COC(=O)CCCCCCCCC(C)C)COP(=O)(O)OC[C@H](O)COP(=O)(O)OC[C@@H](COC(=O)CCCCCCCCC(C)CC)OC(=O)CCCCCCCCCCCCCCCCC(C)C. The summed E-state index contributed by atoms with van der Waals surface area (Å²) in [5.41, 5.74) is 0. The number of unbranched alkanes of at least 4 members (excludes halogenated alkanes) is 40. The predicted octanol–water partition coefficient (Wildman–Crippen LogP) is 23.2. The van der Waals surface area contributed by atoms with Gasteiger partial charge in [-0.1, -0.05) is 351 Å². The van der Waals surface area contributed by atoms with Crippen molar-refractivity contribution < 1.29 is 80.2 Å². The highest BCUT2D eigenvalue weighted by atomic mass is 31.2. The topological polar surface area (TPSA) is 237 Å². The number of aliphatic hydroxyl groups is 1. The van der Waals surface area contributed by atoms with Crippen molar-refractivity contribution in [3.05, 3.63) is 0 Å². The monoisotopic (exact) mass is 1440 g/mol. The second kappa shape index (κ2) is 68.2. The Hall–Kier alpha value is -1.94. The zero-order valence-corrected chi connectivity index (χ0v) is 66.2. The Morgan fingerprint density at radius 3 is 0.724 bits per heavy atom. The van der Waals surface area contributed by atoms with Gasteiger partial charge in [-0.15, -0.1) is 0 Å². The van der Waals surface area contributed by atoms with Crippen LogP contribution in [0.3, 0.4) is 0 Å². The highest BCUT2D eigenvalue weighted by molar-refractivity contribution is 7.47. The van der Waals surface area contributed by atoms with Crippen LogP contribution in [0.2, 0.25) is 0 Å². The second-order valence-corrected chi connectivity index (χ2v) is 32.8. The molecule has 0 fully saturated rings. The van der Waals surface area contributed by atoms with Crippen LogP contribution in [0.15, 0.2) is 0 Å². The first kappa shape index (κ1) is 96.1. The molecular formula is C79H154O17P2. The molecule has 0 amide bonds. The molecule has 3 N–H and O–H groups in total. The lowest BCUT2D eigenvalue weighted by molar-refractivity contribution is -0.161. The lowest BCUT2D eigenvalue weighted by atomic mass is 9.99. The lowest BCUT2D eigenvalue weighted by Gasteiger charge is -2.21. The van der Waals surface area contributed by atoms with Gasteiger partial charge in [0.25, 0.3) is 0 Å². The summed E-state index contributed by atoms with van der Waals surface area (Å²) in [6.45, 7) is 14.2. The molecule has 0 saturated heterocycles. The molecule has 0 spiro atoms. The summed E-state index contributed by atoms with van der Waals surface area (Å²) in [6, 6.07) is 0. The van der Waals surface area contributed by atoms with Crippen molar-refractivity contribution in [3.63, 3.8) is 0 Å². The van der Waals surface area contributed by atoms with Crippen LogP contribution in [0.1, 0.15) is 402 Å². The average Bonchev–Trinajstić information content (AvgIpc) is 3.80. The molecule has 0 heterocycles. The minimum absolute atomic E-state index is 0.106. The Kier molecular flexibility index (Phi) is 66.8. The minimum Gasteiger partial charge on any atom is -0.462 e. The quantitative estimate of drug-likeness (QED) is 0.0222. The van der Waals surface area contributed by atoms with Crippen LogP contribution in [0.5, 0.6) is 0 Å². The van der Waals surface area contributed by atoms with Crippen molar-refractivity contribution in [3.8, 4) is 0 Å². The summed E-state index contributed by atoms with van der Waals surface area (Å²) in [7, 11) is -9.92. The molecular weight excluding hydrogens is 1280 g/mol. The van der Waals surface area contributed by atoms with Gasteiger partial charge in [-0.2, -0.15) is 0 Å². The molecule has 4 unspecified atom stereocenters. The summed E-state index contributed by atoms with van der Waals surface area (Å²) in [6.07, 6.45) is 54.4. The molecule has 98 heavy (non-hydrogen) atoms. The van der Waals surface area contributed by atoms with E-state index in [1.807, 2.05) is 0 Å². The van der Waals surface area contributed by atoms with Crippen LogP contribution in [0.25, 0.3) is 0 Å². The van der Waals surface area contributed by atoms with Crippen LogP contribution in [-0.4, -0.2) is 96.7 Å². The molecule has 0 aliphatic carbocycles. The Bertz CT molecular complexity index is 1920. The maximum Gasteiger partial charge on any atom is 0.472 e. The van der Waals surface area contributed by atoms with Gasteiger partial charge in [0.1, 0.15) is 19.3 Å². The van der Waals surface area contributed by atoms with Gasteiger partial charge in [0, 0.05) is 25.7 Å². The summed E-state index contributed by atoms with van der Waals surface area (Å²) in [5.74, 6) is 0.955. The van der Waals surface area contributed by atoms with E-state index in [1.165, 1.54) is 193 Å². The molecule has 582 valence electrons. The molecule has 0 bridgehead atoms. The fourth-order valence-corrected chi connectivity index (χ4v) is 13.6. The van der Waals surface area contributed by atoms with E-state index in [0.717, 1.165) is 120 Å². The highest BCUT2D eigenvalue weighted by Gasteiger charge is 2.30. The fraction of sp³-hybridized carbons (Fsp3) is 0.949. The maximum absolute atomic E-state index is 13.1. The van der Waals surface area contributed by atoms with Gasteiger partial charge in [0.2, 0.25) is 0 Å². The number of hydrogen-bond acceptors (Lipinski definition) is 15. The number of aliphatic hydroxyl groups excluding tert-OH is 1. The van der Waals surface area contributed by atoms with Crippen molar-refractivity contribution in [2.45, 2.75) is 420 Å². The van der Waals surface area contributed by atoms with Gasteiger partial charge in [-0.3, -0.25) is 37.3 Å². The molecule has 0 aliphatic rings. The number of hydrogen-bond donors (Lipinski definition) is 3. The summed E-state index contributed by atoms with van der Waals surface area (Å²) in [4.78, 5) is 72.8. The molecule has 0 aromatic rings. The van der Waals surface area contributed by atoms with Crippen molar-refractivity contribution >= 4 is 39.5 Å². The van der Waals surface area contributed by atoms with E-state index >= 15 is 0 Å². The maximum atomic E-state index is 13.1. The first-order chi connectivity index (χ1) is 47.2. The Labute approximate surface area is 600 Å². The van der Waals surface area contributed by atoms with Gasteiger partial charge in [0.15, 0.2) is 12.2 Å². The van der Waals surface area contributed by atoms with E-state index in [-0.39, 0.29) is 25.7 Å². The summed E-state index contributed by atoms with van der Waals surface area (Å²) < 4.78 is 68.5. The van der Waals surface area contributed by atoms with Crippen molar-refractivity contribution in [2.75, 3.05) is 39.6 Å². The Morgan fingerprint density at radius 1 is 0.286 bits per heavy atom. The average molecular weight is 1440 g/mol. The molecule has 19 heteroatoms. The van der Waals surface area contributed by atoms with E-state index in [2.05, 4.69) is 55.4 Å². The van der Waals surface area contributed by atoms with Gasteiger partial charge >= 0.3 is 39.5 Å². The van der Waals surface area contributed by atoms with Gasteiger partial charge in [-0.25, -0.2) is 9.13 Å². The molecule has 0 aliphatic heterocycles. The van der Waals surface area contributed by atoms with E-state index < -0.39 is 97.5 Å². The first-order valence-corrected chi connectivity index (χ1v) is 43.8.